The van der Waals surface area contributed by atoms with Gasteiger partial charge in [-0.2, -0.15) is 0 Å². The van der Waals surface area contributed by atoms with E-state index in [-0.39, 0.29) is 6.42 Å². The molecule has 0 radical (unpaired) electrons. The Balaban J connectivity index is 2.91. The van der Waals surface area contributed by atoms with Crippen LogP contribution in [0.15, 0.2) is 30.3 Å². The molecule has 84 valence electrons. The SMILES string of the molecule is COC(=O)c1ccccc1C=CCC(=O)O. The molecule has 0 fully saturated rings. The number of hydrogen-bond acceptors (Lipinski definition) is 3. The van der Waals surface area contributed by atoms with Crippen LogP contribution in [0.4, 0.5) is 0 Å². The van der Waals surface area contributed by atoms with Gasteiger partial charge in [-0.15, -0.1) is 0 Å². The highest BCUT2D eigenvalue weighted by Gasteiger charge is 2.08. The van der Waals surface area contributed by atoms with Crippen molar-refractivity contribution < 1.29 is 19.4 Å². The number of carbonyl (C=O) groups excluding carboxylic acids is 1. The van der Waals surface area contributed by atoms with Gasteiger partial charge in [0.2, 0.25) is 0 Å². The van der Waals surface area contributed by atoms with Gasteiger partial charge in [-0.05, 0) is 11.6 Å². The molecule has 4 nitrogen and oxygen atoms in total. The van der Waals surface area contributed by atoms with Crippen molar-refractivity contribution in [2.24, 2.45) is 0 Å². The largest absolute Gasteiger partial charge is 0.481 e. The van der Waals surface area contributed by atoms with Crippen molar-refractivity contribution in [3.05, 3.63) is 41.5 Å². The monoisotopic (exact) mass is 220 g/mol. The predicted octanol–water partition coefficient (Wildman–Crippen LogP) is 1.96. The molecule has 4 heteroatoms. The van der Waals surface area contributed by atoms with Gasteiger partial charge in [0.1, 0.15) is 0 Å². The average molecular weight is 220 g/mol. The zero-order chi connectivity index (χ0) is 12.0. The molecule has 0 saturated carbocycles. The summed E-state index contributed by atoms with van der Waals surface area (Å²) in [4.78, 5) is 21.7. The standard InChI is InChI=1S/C12H12O4/c1-16-12(15)10-7-3-2-5-9(10)6-4-8-11(13)14/h2-7H,8H2,1H3,(H,13,14). The maximum Gasteiger partial charge on any atom is 0.338 e. The normalized spacial score (nSPS) is 10.3. The molecule has 1 rings (SSSR count). The Kier molecular flexibility index (Phi) is 4.27. The minimum Gasteiger partial charge on any atom is -0.481 e. The summed E-state index contributed by atoms with van der Waals surface area (Å²) in [5.41, 5.74) is 1.07. The quantitative estimate of drug-likeness (QED) is 0.788. The fourth-order valence-electron chi connectivity index (χ4n) is 1.22. The summed E-state index contributed by atoms with van der Waals surface area (Å²) in [5, 5.41) is 8.47. The van der Waals surface area contributed by atoms with Crippen molar-refractivity contribution in [3.8, 4) is 0 Å². The second-order valence-electron chi connectivity index (χ2n) is 3.08. The highest BCUT2D eigenvalue weighted by atomic mass is 16.5. The summed E-state index contributed by atoms with van der Waals surface area (Å²) < 4.78 is 4.62. The lowest BCUT2D eigenvalue weighted by Gasteiger charge is -2.02. The summed E-state index contributed by atoms with van der Waals surface area (Å²) in [6, 6.07) is 6.85. The van der Waals surface area contributed by atoms with Crippen LogP contribution in [0.25, 0.3) is 6.08 Å². The molecule has 1 aromatic rings. The molecule has 0 aliphatic heterocycles. The van der Waals surface area contributed by atoms with Gasteiger partial charge in [0.25, 0.3) is 0 Å². The van der Waals surface area contributed by atoms with E-state index in [4.69, 9.17) is 5.11 Å². The number of rotatable bonds is 4. The Hall–Kier alpha value is -2.10. The third-order valence-corrected chi connectivity index (χ3v) is 1.96. The number of methoxy groups -OCH3 is 1. The van der Waals surface area contributed by atoms with Crippen molar-refractivity contribution in [3.63, 3.8) is 0 Å². The fourth-order valence-corrected chi connectivity index (χ4v) is 1.22. The van der Waals surface area contributed by atoms with E-state index in [1.165, 1.54) is 13.2 Å². The molecule has 1 N–H and O–H groups in total. The molecule has 0 bridgehead atoms. The molecule has 1 aromatic carbocycles. The zero-order valence-electron chi connectivity index (χ0n) is 8.84. The van der Waals surface area contributed by atoms with Gasteiger partial charge in [-0.25, -0.2) is 4.79 Å². The second-order valence-corrected chi connectivity index (χ2v) is 3.08. The van der Waals surface area contributed by atoms with Crippen LogP contribution in [0.3, 0.4) is 0 Å². The molecule has 0 saturated heterocycles. The Labute approximate surface area is 93.2 Å². The number of esters is 1. The van der Waals surface area contributed by atoms with Crippen LogP contribution >= 0.6 is 0 Å². The third kappa shape index (κ3) is 3.24. The fraction of sp³-hybridized carbons (Fsp3) is 0.167. The van der Waals surface area contributed by atoms with E-state index < -0.39 is 11.9 Å². The topological polar surface area (TPSA) is 63.6 Å². The van der Waals surface area contributed by atoms with Crippen molar-refractivity contribution in [2.45, 2.75) is 6.42 Å². The highest BCUT2D eigenvalue weighted by Crippen LogP contribution is 2.12. The van der Waals surface area contributed by atoms with Crippen molar-refractivity contribution >= 4 is 18.0 Å². The van der Waals surface area contributed by atoms with Gasteiger partial charge in [0.15, 0.2) is 0 Å². The van der Waals surface area contributed by atoms with E-state index in [9.17, 15) is 9.59 Å². The minimum absolute atomic E-state index is 0.0739. The van der Waals surface area contributed by atoms with Crippen LogP contribution in [0.1, 0.15) is 22.3 Å². The molecule has 0 spiro atoms. The number of aliphatic carboxylic acids is 1. The van der Waals surface area contributed by atoms with Crippen LogP contribution in [0.2, 0.25) is 0 Å². The van der Waals surface area contributed by atoms with E-state index in [0.717, 1.165) is 0 Å². The third-order valence-electron chi connectivity index (χ3n) is 1.96. The number of ether oxygens (including phenoxy) is 1. The first-order valence-electron chi connectivity index (χ1n) is 4.71. The van der Waals surface area contributed by atoms with Crippen molar-refractivity contribution in [1.82, 2.24) is 0 Å². The van der Waals surface area contributed by atoms with Crippen LogP contribution in [0, 0.1) is 0 Å². The van der Waals surface area contributed by atoms with Crippen LogP contribution in [-0.2, 0) is 9.53 Å². The number of carboxylic acids is 1. The summed E-state index contributed by atoms with van der Waals surface area (Å²) >= 11 is 0. The molecular formula is C12H12O4. The van der Waals surface area contributed by atoms with Crippen LogP contribution < -0.4 is 0 Å². The molecule has 16 heavy (non-hydrogen) atoms. The lowest BCUT2D eigenvalue weighted by atomic mass is 10.1. The molecule has 0 aliphatic rings. The first kappa shape index (κ1) is 12.0. The number of carbonyl (C=O) groups is 2. The van der Waals surface area contributed by atoms with E-state index in [1.807, 2.05) is 0 Å². The van der Waals surface area contributed by atoms with E-state index in [2.05, 4.69) is 4.74 Å². The lowest BCUT2D eigenvalue weighted by Crippen LogP contribution is -2.03. The molecule has 0 amide bonds. The average Bonchev–Trinajstić information content (AvgIpc) is 2.28. The van der Waals surface area contributed by atoms with Gasteiger partial charge in [0, 0.05) is 0 Å². The number of hydrogen-bond donors (Lipinski definition) is 1. The number of carboxylic acid groups (broad SMARTS) is 1. The Bertz CT molecular complexity index is 421. The summed E-state index contributed by atoms with van der Waals surface area (Å²) in [5.74, 6) is -1.35. The number of benzene rings is 1. The van der Waals surface area contributed by atoms with Crippen molar-refractivity contribution in [2.75, 3.05) is 7.11 Å². The van der Waals surface area contributed by atoms with Gasteiger partial charge >= 0.3 is 11.9 Å². The molecular weight excluding hydrogens is 208 g/mol. The van der Waals surface area contributed by atoms with Gasteiger partial charge in [-0.1, -0.05) is 30.4 Å². The Morgan fingerprint density at radius 2 is 2.06 bits per heavy atom. The molecule has 0 unspecified atom stereocenters. The highest BCUT2D eigenvalue weighted by molar-refractivity contribution is 5.93. The molecule has 0 aliphatic carbocycles. The van der Waals surface area contributed by atoms with E-state index in [1.54, 1.807) is 30.3 Å². The van der Waals surface area contributed by atoms with Gasteiger partial charge in [0.05, 0.1) is 19.1 Å². The Morgan fingerprint density at radius 3 is 2.69 bits per heavy atom. The second kappa shape index (κ2) is 5.70. The lowest BCUT2D eigenvalue weighted by molar-refractivity contribution is -0.135. The maximum atomic E-state index is 11.4. The molecule has 0 aromatic heterocycles. The van der Waals surface area contributed by atoms with Gasteiger partial charge in [-0.3, -0.25) is 4.79 Å². The van der Waals surface area contributed by atoms with Crippen molar-refractivity contribution in [1.29, 1.82) is 0 Å². The summed E-state index contributed by atoms with van der Waals surface area (Å²) in [7, 11) is 1.31. The molecule has 0 heterocycles. The minimum atomic E-state index is -0.910. The smallest absolute Gasteiger partial charge is 0.338 e. The van der Waals surface area contributed by atoms with Gasteiger partial charge < -0.3 is 9.84 Å². The summed E-state index contributed by atoms with van der Waals surface area (Å²) in [6.45, 7) is 0. The van der Waals surface area contributed by atoms with E-state index in [0.29, 0.717) is 11.1 Å². The zero-order valence-corrected chi connectivity index (χ0v) is 8.84. The Morgan fingerprint density at radius 1 is 1.38 bits per heavy atom. The molecule has 0 atom stereocenters. The van der Waals surface area contributed by atoms with Crippen LogP contribution in [-0.4, -0.2) is 24.2 Å². The first-order valence-corrected chi connectivity index (χ1v) is 4.71. The predicted molar refractivity (Wildman–Crippen MR) is 59.1 cm³/mol. The first-order chi connectivity index (χ1) is 7.65. The maximum absolute atomic E-state index is 11.4. The van der Waals surface area contributed by atoms with Crippen LogP contribution in [0.5, 0.6) is 0 Å². The van der Waals surface area contributed by atoms with E-state index >= 15 is 0 Å². The summed E-state index contributed by atoms with van der Waals surface area (Å²) in [6.07, 6.45) is 3.01.